The van der Waals surface area contributed by atoms with E-state index in [9.17, 15) is 9.90 Å². The zero-order valence-electron chi connectivity index (χ0n) is 19.2. The van der Waals surface area contributed by atoms with Crippen LogP contribution in [0.3, 0.4) is 0 Å². The number of phenolic OH excluding ortho intramolecular Hbond substituents is 1. The van der Waals surface area contributed by atoms with Gasteiger partial charge in [0.1, 0.15) is 26.9 Å². The van der Waals surface area contributed by atoms with Crippen molar-refractivity contribution in [3.8, 4) is 16.3 Å². The summed E-state index contributed by atoms with van der Waals surface area (Å²) < 4.78 is 19.8. The van der Waals surface area contributed by atoms with E-state index in [0.717, 1.165) is 40.0 Å². The molecular formula is C27H24FN3O3S. The van der Waals surface area contributed by atoms with Crippen LogP contribution in [0.25, 0.3) is 20.9 Å². The van der Waals surface area contributed by atoms with Crippen molar-refractivity contribution in [3.05, 3.63) is 77.2 Å². The first-order chi connectivity index (χ1) is 16.9. The van der Waals surface area contributed by atoms with Gasteiger partial charge in [-0.25, -0.2) is 14.4 Å². The standard InChI is InChI=1S/C27H24FN3O3S/c1-34-26(33)17-14-31(15-17)13-16-2-7-20(21(28)12-16)24-29-22-8-9-23(30-25(22)35-24)27(10-11-27)18-3-5-19(32)6-4-18/h2-9,12,17,32H,10-11,13-15H2,1H3. The highest BCUT2D eigenvalue weighted by Crippen LogP contribution is 2.53. The molecule has 0 amide bonds. The van der Waals surface area contributed by atoms with Gasteiger partial charge < -0.3 is 9.84 Å². The monoisotopic (exact) mass is 489 g/mol. The van der Waals surface area contributed by atoms with Crippen LogP contribution >= 0.6 is 11.3 Å². The Bertz CT molecular complexity index is 1430. The summed E-state index contributed by atoms with van der Waals surface area (Å²) >= 11 is 1.40. The van der Waals surface area contributed by atoms with Crippen LogP contribution in [-0.2, 0) is 21.5 Å². The van der Waals surface area contributed by atoms with Crippen LogP contribution in [0.4, 0.5) is 4.39 Å². The van der Waals surface area contributed by atoms with Crippen LogP contribution in [0, 0.1) is 11.7 Å². The number of rotatable bonds is 6. The minimum absolute atomic E-state index is 0.0897. The smallest absolute Gasteiger partial charge is 0.311 e. The molecule has 8 heteroatoms. The number of aromatic hydroxyl groups is 1. The molecule has 0 spiro atoms. The van der Waals surface area contributed by atoms with E-state index in [1.807, 2.05) is 30.3 Å². The number of halogens is 1. The van der Waals surface area contributed by atoms with Gasteiger partial charge in [-0.3, -0.25) is 9.69 Å². The molecule has 0 atom stereocenters. The van der Waals surface area contributed by atoms with Crippen molar-refractivity contribution < 1.29 is 19.0 Å². The molecule has 178 valence electrons. The third-order valence-electron chi connectivity index (χ3n) is 7.08. The molecule has 2 aromatic heterocycles. The molecule has 0 bridgehead atoms. The Hall–Kier alpha value is -3.36. The summed E-state index contributed by atoms with van der Waals surface area (Å²) in [6, 6.07) is 16.6. The van der Waals surface area contributed by atoms with Gasteiger partial charge in [-0.15, -0.1) is 0 Å². The van der Waals surface area contributed by atoms with E-state index in [2.05, 4.69) is 9.88 Å². The molecule has 1 N–H and O–H groups in total. The van der Waals surface area contributed by atoms with E-state index in [0.29, 0.717) is 30.2 Å². The highest BCUT2D eigenvalue weighted by molar-refractivity contribution is 7.21. The van der Waals surface area contributed by atoms with Crippen LogP contribution < -0.4 is 0 Å². The van der Waals surface area contributed by atoms with E-state index in [4.69, 9.17) is 9.72 Å². The molecule has 2 aromatic carbocycles. The summed E-state index contributed by atoms with van der Waals surface area (Å²) in [4.78, 5) is 24.0. The van der Waals surface area contributed by atoms with Crippen molar-refractivity contribution in [2.45, 2.75) is 24.8 Å². The number of ether oxygens (including phenoxy) is 1. The molecule has 2 fully saturated rings. The first kappa shape index (κ1) is 22.1. The van der Waals surface area contributed by atoms with Gasteiger partial charge in [0.2, 0.25) is 0 Å². The Morgan fingerprint density at radius 1 is 1.14 bits per heavy atom. The van der Waals surface area contributed by atoms with Crippen molar-refractivity contribution >= 4 is 27.7 Å². The third-order valence-corrected chi connectivity index (χ3v) is 8.08. The van der Waals surface area contributed by atoms with Crippen molar-refractivity contribution in [3.63, 3.8) is 0 Å². The fraction of sp³-hybridized carbons (Fsp3) is 0.296. The number of thiazole rings is 1. The molecule has 3 heterocycles. The number of esters is 1. The van der Waals surface area contributed by atoms with Crippen molar-refractivity contribution in [1.82, 2.24) is 14.9 Å². The maximum atomic E-state index is 15.1. The Morgan fingerprint density at radius 3 is 2.60 bits per heavy atom. The lowest BCUT2D eigenvalue weighted by molar-refractivity contribution is -0.151. The molecule has 6 nitrogen and oxygen atoms in total. The van der Waals surface area contributed by atoms with Gasteiger partial charge in [-0.05, 0) is 60.4 Å². The second-order valence-electron chi connectivity index (χ2n) is 9.40. The number of carbonyl (C=O) groups is 1. The van der Waals surface area contributed by atoms with Crippen molar-refractivity contribution in [2.24, 2.45) is 5.92 Å². The topological polar surface area (TPSA) is 75.5 Å². The third kappa shape index (κ3) is 3.96. The molecule has 2 aliphatic rings. The Labute approximate surface area is 206 Å². The Balaban J connectivity index is 1.22. The number of carbonyl (C=O) groups excluding carboxylic acids is 1. The second kappa shape index (κ2) is 8.39. The van der Waals surface area contributed by atoms with E-state index in [-0.39, 0.29) is 28.9 Å². The molecule has 4 aromatic rings. The largest absolute Gasteiger partial charge is 0.508 e. The summed E-state index contributed by atoms with van der Waals surface area (Å²) in [6.07, 6.45) is 2.02. The van der Waals surface area contributed by atoms with Gasteiger partial charge in [0.25, 0.3) is 0 Å². The fourth-order valence-electron chi connectivity index (χ4n) is 4.90. The molecule has 35 heavy (non-hydrogen) atoms. The van der Waals surface area contributed by atoms with Gasteiger partial charge in [0.05, 0.1) is 18.7 Å². The average Bonchev–Trinajstić information content (AvgIpc) is 3.53. The van der Waals surface area contributed by atoms with E-state index >= 15 is 4.39 Å². The molecule has 1 aliphatic heterocycles. The lowest BCUT2D eigenvalue weighted by Crippen LogP contribution is -2.49. The van der Waals surface area contributed by atoms with Crippen LogP contribution in [-0.4, -0.2) is 46.1 Å². The highest BCUT2D eigenvalue weighted by Gasteiger charge is 2.47. The van der Waals surface area contributed by atoms with Crippen LogP contribution in [0.5, 0.6) is 5.75 Å². The molecule has 0 radical (unpaired) electrons. The molecule has 1 saturated heterocycles. The van der Waals surface area contributed by atoms with Crippen LogP contribution in [0.2, 0.25) is 0 Å². The van der Waals surface area contributed by atoms with Gasteiger partial charge in [-0.2, -0.15) is 0 Å². The fourth-order valence-corrected chi connectivity index (χ4v) is 5.87. The number of nitrogens with zero attached hydrogens (tertiary/aromatic N) is 3. The minimum Gasteiger partial charge on any atom is -0.508 e. The van der Waals surface area contributed by atoms with E-state index in [1.54, 1.807) is 24.3 Å². The molecule has 0 unspecified atom stereocenters. The van der Waals surface area contributed by atoms with Crippen LogP contribution in [0.1, 0.15) is 29.7 Å². The Morgan fingerprint density at radius 2 is 1.91 bits per heavy atom. The number of benzene rings is 2. The van der Waals surface area contributed by atoms with Gasteiger partial charge >= 0.3 is 5.97 Å². The first-order valence-corrected chi connectivity index (χ1v) is 12.4. The molecule has 1 saturated carbocycles. The molecule has 6 rings (SSSR count). The van der Waals surface area contributed by atoms with Crippen LogP contribution in [0.15, 0.2) is 54.6 Å². The number of phenols is 1. The normalized spacial score (nSPS) is 17.3. The summed E-state index contributed by atoms with van der Waals surface area (Å²) in [5.41, 5.74) is 4.10. The molecule has 1 aliphatic carbocycles. The minimum atomic E-state index is -0.311. The summed E-state index contributed by atoms with van der Waals surface area (Å²) in [7, 11) is 1.40. The zero-order valence-corrected chi connectivity index (χ0v) is 20.0. The van der Waals surface area contributed by atoms with Crippen molar-refractivity contribution in [2.75, 3.05) is 20.2 Å². The predicted molar refractivity (Wildman–Crippen MR) is 132 cm³/mol. The SMILES string of the molecule is COC(=O)C1CN(Cc2ccc(-c3nc4ccc(C5(c6ccc(O)cc6)CC5)nc4s3)c(F)c2)C1. The van der Waals surface area contributed by atoms with E-state index < -0.39 is 0 Å². The maximum absolute atomic E-state index is 15.1. The lowest BCUT2D eigenvalue weighted by atomic mass is 9.92. The highest BCUT2D eigenvalue weighted by atomic mass is 32.1. The number of hydrogen-bond acceptors (Lipinski definition) is 7. The van der Waals surface area contributed by atoms with E-state index in [1.165, 1.54) is 18.4 Å². The number of pyridine rings is 1. The summed E-state index contributed by atoms with van der Waals surface area (Å²) in [5, 5.41) is 10.2. The number of aromatic nitrogens is 2. The quantitative estimate of drug-likeness (QED) is 0.389. The first-order valence-electron chi connectivity index (χ1n) is 11.6. The maximum Gasteiger partial charge on any atom is 0.311 e. The second-order valence-corrected chi connectivity index (χ2v) is 10.4. The van der Waals surface area contributed by atoms with Gasteiger partial charge in [-0.1, -0.05) is 29.5 Å². The number of fused-ring (bicyclic) bond motifs is 1. The van der Waals surface area contributed by atoms with Gasteiger partial charge in [0, 0.05) is 30.6 Å². The average molecular weight is 490 g/mol. The number of hydrogen-bond donors (Lipinski definition) is 1. The Kier molecular flexibility index (Phi) is 5.30. The summed E-state index contributed by atoms with van der Waals surface area (Å²) in [6.45, 7) is 1.86. The summed E-state index contributed by atoms with van der Waals surface area (Å²) in [5.74, 6) is -0.336. The molecular weight excluding hydrogens is 465 g/mol. The number of methoxy groups -OCH3 is 1. The lowest BCUT2D eigenvalue weighted by Gasteiger charge is -2.37. The zero-order chi connectivity index (χ0) is 24.2. The predicted octanol–water partition coefficient (Wildman–Crippen LogP) is 4.89. The van der Waals surface area contributed by atoms with Crippen molar-refractivity contribution in [1.29, 1.82) is 0 Å². The number of likely N-dealkylation sites (tertiary alicyclic amines) is 1. The van der Waals surface area contributed by atoms with Gasteiger partial charge in [0.15, 0.2) is 0 Å².